The molecule has 0 amide bonds. The van der Waals surface area contributed by atoms with Crippen molar-refractivity contribution in [2.75, 3.05) is 0 Å². The molecular weight excluding hydrogens is 240 g/mol. The summed E-state index contributed by atoms with van der Waals surface area (Å²) in [5.41, 5.74) is 1.56. The van der Waals surface area contributed by atoms with Crippen molar-refractivity contribution in [1.82, 2.24) is 19.5 Å². The van der Waals surface area contributed by atoms with Crippen molar-refractivity contribution in [1.29, 1.82) is 0 Å². The topological polar surface area (TPSA) is 63.6 Å². The first-order valence-electron chi connectivity index (χ1n) is 6.59. The van der Waals surface area contributed by atoms with Crippen LogP contribution in [0.4, 0.5) is 0 Å². The first-order chi connectivity index (χ1) is 8.97. The number of hydrogen-bond acceptors (Lipinski definition) is 3. The summed E-state index contributed by atoms with van der Waals surface area (Å²) in [5.74, 6) is 1.06. The second-order valence-corrected chi connectivity index (χ2v) is 5.46. The molecule has 0 atom stereocenters. The summed E-state index contributed by atoms with van der Waals surface area (Å²) in [4.78, 5) is 23.2. The highest BCUT2D eigenvalue weighted by Gasteiger charge is 2.11. The maximum absolute atomic E-state index is 11.7. The standard InChI is InChI=1S/C14H20N4O/c1-9(2)5-11-6-13(19)17-14(16-11)12-7-15-8-18(12)10(3)4/h6-10H,5H2,1-4H3,(H,16,17,19). The van der Waals surface area contributed by atoms with Gasteiger partial charge in [-0.05, 0) is 26.2 Å². The van der Waals surface area contributed by atoms with E-state index in [9.17, 15) is 4.79 Å². The monoisotopic (exact) mass is 260 g/mol. The van der Waals surface area contributed by atoms with E-state index >= 15 is 0 Å². The fraction of sp³-hybridized carbons (Fsp3) is 0.500. The summed E-state index contributed by atoms with van der Waals surface area (Å²) in [6, 6.07) is 1.84. The second kappa shape index (κ2) is 5.38. The fourth-order valence-corrected chi connectivity index (χ4v) is 2.05. The van der Waals surface area contributed by atoms with Crippen LogP contribution in [-0.2, 0) is 6.42 Å². The normalized spacial score (nSPS) is 11.5. The summed E-state index contributed by atoms with van der Waals surface area (Å²) in [6.07, 6.45) is 4.29. The van der Waals surface area contributed by atoms with Crippen LogP contribution in [0.1, 0.15) is 39.4 Å². The van der Waals surface area contributed by atoms with Crippen LogP contribution in [0.15, 0.2) is 23.4 Å². The zero-order chi connectivity index (χ0) is 14.0. The number of aromatic nitrogens is 4. The molecule has 1 N–H and O–H groups in total. The van der Waals surface area contributed by atoms with Crippen molar-refractivity contribution in [3.05, 3.63) is 34.6 Å². The molecule has 0 aliphatic rings. The molecule has 0 fully saturated rings. The average molecular weight is 260 g/mol. The third kappa shape index (κ3) is 3.10. The molecule has 0 saturated carbocycles. The van der Waals surface area contributed by atoms with E-state index in [4.69, 9.17) is 0 Å². The molecule has 0 spiro atoms. The number of hydrogen-bond donors (Lipinski definition) is 1. The number of imidazole rings is 1. The van der Waals surface area contributed by atoms with Gasteiger partial charge in [-0.15, -0.1) is 0 Å². The van der Waals surface area contributed by atoms with Gasteiger partial charge in [0, 0.05) is 17.8 Å². The van der Waals surface area contributed by atoms with Crippen LogP contribution in [0.25, 0.3) is 11.5 Å². The van der Waals surface area contributed by atoms with Gasteiger partial charge in [-0.25, -0.2) is 9.97 Å². The van der Waals surface area contributed by atoms with E-state index in [1.165, 1.54) is 0 Å². The van der Waals surface area contributed by atoms with Crippen molar-refractivity contribution >= 4 is 0 Å². The minimum atomic E-state index is -0.114. The third-order valence-corrected chi connectivity index (χ3v) is 2.88. The van der Waals surface area contributed by atoms with Crippen molar-refractivity contribution in [3.63, 3.8) is 0 Å². The molecule has 2 rings (SSSR count). The van der Waals surface area contributed by atoms with Crippen molar-refractivity contribution in [2.24, 2.45) is 5.92 Å². The summed E-state index contributed by atoms with van der Waals surface area (Å²) in [6.45, 7) is 8.37. The molecule has 5 heteroatoms. The molecule has 0 saturated heterocycles. The molecular formula is C14H20N4O. The lowest BCUT2D eigenvalue weighted by Gasteiger charge is -2.12. The SMILES string of the molecule is CC(C)Cc1cc(=O)[nH]c(-c2cncn2C(C)C)n1. The highest BCUT2D eigenvalue weighted by molar-refractivity contribution is 5.48. The Hall–Kier alpha value is -1.91. The van der Waals surface area contributed by atoms with Gasteiger partial charge in [-0.2, -0.15) is 0 Å². The summed E-state index contributed by atoms with van der Waals surface area (Å²) in [7, 11) is 0. The Kier molecular flexibility index (Phi) is 3.83. The zero-order valence-corrected chi connectivity index (χ0v) is 11.8. The van der Waals surface area contributed by atoms with Crippen molar-refractivity contribution < 1.29 is 0 Å². The molecule has 0 unspecified atom stereocenters. The van der Waals surface area contributed by atoms with Crippen LogP contribution in [0.2, 0.25) is 0 Å². The van der Waals surface area contributed by atoms with Gasteiger partial charge < -0.3 is 9.55 Å². The zero-order valence-electron chi connectivity index (χ0n) is 11.8. The highest BCUT2D eigenvalue weighted by Crippen LogP contribution is 2.18. The smallest absolute Gasteiger partial charge is 0.251 e. The van der Waals surface area contributed by atoms with Crippen LogP contribution in [0.5, 0.6) is 0 Å². The van der Waals surface area contributed by atoms with E-state index in [0.717, 1.165) is 17.8 Å². The molecule has 5 nitrogen and oxygen atoms in total. The summed E-state index contributed by atoms with van der Waals surface area (Å²) < 4.78 is 2.00. The number of H-pyrrole nitrogens is 1. The predicted molar refractivity (Wildman–Crippen MR) is 75.0 cm³/mol. The van der Waals surface area contributed by atoms with Crippen molar-refractivity contribution in [2.45, 2.75) is 40.2 Å². The largest absolute Gasteiger partial charge is 0.326 e. The van der Waals surface area contributed by atoms with E-state index < -0.39 is 0 Å². The number of nitrogens with one attached hydrogen (secondary N) is 1. The van der Waals surface area contributed by atoms with Gasteiger partial charge in [0.15, 0.2) is 5.82 Å². The van der Waals surface area contributed by atoms with Crippen LogP contribution < -0.4 is 5.56 Å². The highest BCUT2D eigenvalue weighted by atomic mass is 16.1. The Morgan fingerprint density at radius 1 is 1.32 bits per heavy atom. The van der Waals surface area contributed by atoms with Gasteiger partial charge >= 0.3 is 0 Å². The first-order valence-corrected chi connectivity index (χ1v) is 6.59. The fourth-order valence-electron chi connectivity index (χ4n) is 2.05. The van der Waals surface area contributed by atoms with E-state index in [0.29, 0.717) is 11.7 Å². The molecule has 2 aromatic heterocycles. The Labute approximate surface area is 112 Å². The molecule has 102 valence electrons. The Bertz CT molecular complexity index is 610. The lowest BCUT2D eigenvalue weighted by Crippen LogP contribution is -2.13. The van der Waals surface area contributed by atoms with Gasteiger partial charge in [0.25, 0.3) is 5.56 Å². The molecule has 2 aromatic rings. The van der Waals surface area contributed by atoms with Gasteiger partial charge in [-0.1, -0.05) is 13.8 Å². The third-order valence-electron chi connectivity index (χ3n) is 2.88. The Morgan fingerprint density at radius 2 is 2.05 bits per heavy atom. The predicted octanol–water partition coefficient (Wildman–Crippen LogP) is 2.41. The Balaban J connectivity index is 2.47. The van der Waals surface area contributed by atoms with E-state index in [1.54, 1.807) is 18.6 Å². The van der Waals surface area contributed by atoms with Gasteiger partial charge in [0.2, 0.25) is 0 Å². The minimum absolute atomic E-state index is 0.114. The second-order valence-electron chi connectivity index (χ2n) is 5.46. The molecule has 0 radical (unpaired) electrons. The van der Waals surface area contributed by atoms with E-state index in [2.05, 4.69) is 42.6 Å². The quantitative estimate of drug-likeness (QED) is 0.918. The number of rotatable bonds is 4. The van der Waals surface area contributed by atoms with Crippen molar-refractivity contribution in [3.8, 4) is 11.5 Å². The minimum Gasteiger partial charge on any atom is -0.326 e. The molecule has 0 aliphatic carbocycles. The molecule has 0 bridgehead atoms. The first kappa shape index (κ1) is 13.5. The van der Waals surface area contributed by atoms with Crippen LogP contribution in [-0.4, -0.2) is 19.5 Å². The molecule has 19 heavy (non-hydrogen) atoms. The molecule has 0 aromatic carbocycles. The van der Waals surface area contributed by atoms with Crippen LogP contribution in [0.3, 0.4) is 0 Å². The summed E-state index contributed by atoms with van der Waals surface area (Å²) >= 11 is 0. The molecule has 2 heterocycles. The van der Waals surface area contributed by atoms with Crippen LogP contribution in [0, 0.1) is 5.92 Å². The van der Waals surface area contributed by atoms with Crippen LogP contribution >= 0.6 is 0 Å². The lowest BCUT2D eigenvalue weighted by molar-refractivity contribution is 0.601. The molecule has 0 aliphatic heterocycles. The van der Waals surface area contributed by atoms with E-state index in [-0.39, 0.29) is 11.6 Å². The maximum Gasteiger partial charge on any atom is 0.251 e. The average Bonchev–Trinajstić information content (AvgIpc) is 2.75. The van der Waals surface area contributed by atoms with Gasteiger partial charge in [0.05, 0.1) is 12.5 Å². The van der Waals surface area contributed by atoms with E-state index in [1.807, 2.05) is 4.57 Å². The maximum atomic E-state index is 11.7. The lowest BCUT2D eigenvalue weighted by atomic mass is 10.1. The summed E-state index contributed by atoms with van der Waals surface area (Å²) in [5, 5.41) is 0. The number of nitrogens with zero attached hydrogens (tertiary/aromatic N) is 3. The number of aromatic amines is 1. The Morgan fingerprint density at radius 3 is 2.68 bits per heavy atom. The van der Waals surface area contributed by atoms with Gasteiger partial charge in [0.1, 0.15) is 5.69 Å². The van der Waals surface area contributed by atoms with Gasteiger partial charge in [-0.3, -0.25) is 4.79 Å².